The minimum absolute atomic E-state index is 0.0457. The number of nitrogens with one attached hydrogen (secondary N) is 2. The molecule has 1 aliphatic carbocycles. The van der Waals surface area contributed by atoms with E-state index in [4.69, 9.17) is 15.5 Å². The first-order valence-corrected chi connectivity index (χ1v) is 11.7. The molecular weight excluding hydrogens is 404 g/mol. The first-order chi connectivity index (χ1) is 15.7. The summed E-state index contributed by atoms with van der Waals surface area (Å²) in [5, 5.41) is 7.17. The van der Waals surface area contributed by atoms with Crippen molar-refractivity contribution in [3.8, 4) is 0 Å². The summed E-state index contributed by atoms with van der Waals surface area (Å²) in [5.74, 6) is 1.41. The number of anilines is 1. The highest BCUT2D eigenvalue weighted by Gasteiger charge is 2.17. The van der Waals surface area contributed by atoms with Gasteiger partial charge in [-0.15, -0.1) is 0 Å². The summed E-state index contributed by atoms with van der Waals surface area (Å²) in [4.78, 5) is 21.5. The highest BCUT2D eigenvalue weighted by Crippen LogP contribution is 2.29. The van der Waals surface area contributed by atoms with Crippen molar-refractivity contribution in [3.63, 3.8) is 0 Å². The molecule has 2 aromatic heterocycles. The number of unbranched alkanes of at least 4 members (excludes halogenated alkanes) is 1. The minimum atomic E-state index is -0.0457. The van der Waals surface area contributed by atoms with E-state index >= 15 is 0 Å². The molecule has 0 unspecified atom stereocenters. The second-order valence-corrected chi connectivity index (χ2v) is 8.58. The second kappa shape index (κ2) is 10.6. The lowest BCUT2D eigenvalue weighted by molar-refractivity contribution is 0.199. The standard InChI is InChI=1S/C24H34N6O2/c1-32-16-13-20-29-21-22(18-11-5-6-12-19(18)28-23(21)25)30(20)15-8-7-14-26-24(31)27-17-9-3-2-4-10-17/h5-6,11-12,17H,2-4,7-10,13-16H2,1H3,(H2,25,28)(H2,26,27,31). The van der Waals surface area contributed by atoms with Crippen LogP contribution in [-0.4, -0.2) is 46.9 Å². The molecule has 32 heavy (non-hydrogen) atoms. The molecule has 8 heteroatoms. The maximum Gasteiger partial charge on any atom is 0.315 e. The van der Waals surface area contributed by atoms with Crippen molar-refractivity contribution in [1.29, 1.82) is 0 Å². The van der Waals surface area contributed by atoms with Crippen molar-refractivity contribution in [2.75, 3.05) is 26.0 Å². The quantitative estimate of drug-likeness (QED) is 0.441. The van der Waals surface area contributed by atoms with Crippen LogP contribution in [0, 0.1) is 0 Å². The first-order valence-electron chi connectivity index (χ1n) is 11.7. The lowest BCUT2D eigenvalue weighted by atomic mass is 9.96. The number of aryl methyl sites for hydroxylation is 1. The first kappa shape index (κ1) is 22.3. The summed E-state index contributed by atoms with van der Waals surface area (Å²) in [6.07, 6.45) is 8.42. The van der Waals surface area contributed by atoms with Gasteiger partial charge in [-0.1, -0.05) is 37.5 Å². The number of carbonyl (C=O) groups is 1. The molecule has 8 nitrogen and oxygen atoms in total. The number of carbonyl (C=O) groups excluding carboxylic acids is 1. The molecule has 4 N–H and O–H groups in total. The smallest absolute Gasteiger partial charge is 0.315 e. The lowest BCUT2D eigenvalue weighted by Crippen LogP contribution is -2.43. The Morgan fingerprint density at radius 3 is 2.81 bits per heavy atom. The van der Waals surface area contributed by atoms with Gasteiger partial charge in [-0.2, -0.15) is 0 Å². The van der Waals surface area contributed by atoms with Gasteiger partial charge in [-0.3, -0.25) is 0 Å². The van der Waals surface area contributed by atoms with E-state index in [-0.39, 0.29) is 6.03 Å². The van der Waals surface area contributed by atoms with Crippen LogP contribution in [0.3, 0.4) is 0 Å². The molecule has 1 aromatic carbocycles. The second-order valence-electron chi connectivity index (χ2n) is 8.58. The molecule has 3 aromatic rings. The van der Waals surface area contributed by atoms with Crippen LogP contribution in [0.1, 0.15) is 50.8 Å². The highest BCUT2D eigenvalue weighted by atomic mass is 16.5. The normalized spacial score (nSPS) is 14.8. The van der Waals surface area contributed by atoms with E-state index in [1.165, 1.54) is 19.3 Å². The lowest BCUT2D eigenvalue weighted by Gasteiger charge is -2.22. The molecule has 1 aliphatic rings. The Hall–Kier alpha value is -2.87. The summed E-state index contributed by atoms with van der Waals surface area (Å²) >= 11 is 0. The molecule has 0 aliphatic heterocycles. The average molecular weight is 439 g/mol. The number of para-hydroxylation sites is 1. The number of rotatable bonds is 9. The Kier molecular flexibility index (Phi) is 7.42. The molecular formula is C24H34N6O2. The fourth-order valence-electron chi connectivity index (χ4n) is 4.61. The van der Waals surface area contributed by atoms with Crippen LogP contribution < -0.4 is 16.4 Å². The number of pyridine rings is 1. The number of aromatic nitrogens is 3. The van der Waals surface area contributed by atoms with Crippen LogP contribution in [0.15, 0.2) is 24.3 Å². The number of hydrogen-bond acceptors (Lipinski definition) is 5. The monoisotopic (exact) mass is 438 g/mol. The summed E-state index contributed by atoms with van der Waals surface area (Å²) in [6, 6.07) is 8.32. The number of imidazole rings is 1. The van der Waals surface area contributed by atoms with Crippen molar-refractivity contribution in [1.82, 2.24) is 25.2 Å². The van der Waals surface area contributed by atoms with Gasteiger partial charge in [0.05, 0.1) is 17.6 Å². The minimum Gasteiger partial charge on any atom is -0.384 e. The number of fused-ring (bicyclic) bond motifs is 3. The summed E-state index contributed by atoms with van der Waals surface area (Å²) in [5.41, 5.74) is 8.90. The van der Waals surface area contributed by atoms with Gasteiger partial charge in [0.15, 0.2) is 5.82 Å². The third-order valence-corrected chi connectivity index (χ3v) is 6.25. The molecule has 1 fully saturated rings. The number of urea groups is 1. The van der Waals surface area contributed by atoms with E-state index in [0.717, 1.165) is 60.0 Å². The van der Waals surface area contributed by atoms with Crippen molar-refractivity contribution >= 4 is 33.8 Å². The SMILES string of the molecule is COCCc1nc2c(N)nc3ccccc3c2n1CCCCNC(=O)NC1CCCCC1. The van der Waals surface area contributed by atoms with E-state index in [2.05, 4.69) is 26.3 Å². The maximum atomic E-state index is 12.2. The number of benzene rings is 1. The van der Waals surface area contributed by atoms with Crippen LogP contribution in [0.25, 0.3) is 21.9 Å². The molecule has 2 amide bonds. The van der Waals surface area contributed by atoms with Gasteiger partial charge in [-0.25, -0.2) is 14.8 Å². The highest BCUT2D eigenvalue weighted by molar-refractivity contribution is 6.06. The molecule has 172 valence electrons. The third kappa shape index (κ3) is 5.12. The Balaban J connectivity index is 1.41. The van der Waals surface area contributed by atoms with Gasteiger partial charge < -0.3 is 25.7 Å². The van der Waals surface area contributed by atoms with Gasteiger partial charge in [0, 0.05) is 38.0 Å². The van der Waals surface area contributed by atoms with Crippen molar-refractivity contribution in [2.24, 2.45) is 0 Å². The number of amides is 2. The number of hydrogen-bond donors (Lipinski definition) is 3. The molecule has 0 saturated heterocycles. The Bertz CT molecular complexity index is 1060. The molecule has 2 heterocycles. The Morgan fingerprint density at radius 1 is 1.19 bits per heavy atom. The van der Waals surface area contributed by atoms with E-state index < -0.39 is 0 Å². The van der Waals surface area contributed by atoms with Gasteiger partial charge in [0.25, 0.3) is 0 Å². The van der Waals surface area contributed by atoms with Crippen molar-refractivity contribution in [3.05, 3.63) is 30.1 Å². The molecule has 0 atom stereocenters. The van der Waals surface area contributed by atoms with E-state index in [1.807, 2.05) is 18.2 Å². The molecule has 1 saturated carbocycles. The fourth-order valence-corrected chi connectivity index (χ4v) is 4.61. The topological polar surface area (TPSA) is 107 Å². The predicted octanol–water partition coefficient (Wildman–Crippen LogP) is 3.77. The molecule has 4 rings (SSSR count). The zero-order chi connectivity index (χ0) is 22.3. The van der Waals surface area contributed by atoms with Gasteiger partial charge in [0.2, 0.25) is 0 Å². The van der Waals surface area contributed by atoms with Gasteiger partial charge >= 0.3 is 6.03 Å². The summed E-state index contributed by atoms with van der Waals surface area (Å²) in [7, 11) is 1.70. The van der Waals surface area contributed by atoms with E-state index in [1.54, 1.807) is 7.11 Å². The van der Waals surface area contributed by atoms with Crippen LogP contribution in [0.5, 0.6) is 0 Å². The van der Waals surface area contributed by atoms with Crippen LogP contribution in [-0.2, 0) is 17.7 Å². The molecule has 0 bridgehead atoms. The van der Waals surface area contributed by atoms with Crippen LogP contribution >= 0.6 is 0 Å². The number of ether oxygens (including phenoxy) is 1. The predicted molar refractivity (Wildman–Crippen MR) is 128 cm³/mol. The third-order valence-electron chi connectivity index (χ3n) is 6.25. The van der Waals surface area contributed by atoms with Crippen LogP contribution in [0.2, 0.25) is 0 Å². The molecule has 0 spiro atoms. The van der Waals surface area contributed by atoms with E-state index in [0.29, 0.717) is 31.4 Å². The number of nitrogens with zero attached hydrogens (tertiary/aromatic N) is 3. The Labute approximate surface area is 188 Å². The maximum absolute atomic E-state index is 12.2. The number of nitrogens with two attached hydrogens (primary N) is 1. The number of methoxy groups -OCH3 is 1. The van der Waals surface area contributed by atoms with E-state index in [9.17, 15) is 4.79 Å². The Morgan fingerprint density at radius 2 is 2.00 bits per heavy atom. The van der Waals surface area contributed by atoms with Crippen molar-refractivity contribution < 1.29 is 9.53 Å². The van der Waals surface area contributed by atoms with Crippen molar-refractivity contribution in [2.45, 2.75) is 64.0 Å². The van der Waals surface area contributed by atoms with Crippen LogP contribution in [0.4, 0.5) is 10.6 Å². The average Bonchev–Trinajstić information content (AvgIpc) is 3.17. The summed E-state index contributed by atoms with van der Waals surface area (Å²) < 4.78 is 7.54. The summed E-state index contributed by atoms with van der Waals surface area (Å²) in [6.45, 7) is 2.05. The van der Waals surface area contributed by atoms with Gasteiger partial charge in [-0.05, 0) is 31.7 Å². The number of nitrogen functional groups attached to an aromatic ring is 1. The zero-order valence-electron chi connectivity index (χ0n) is 18.9. The fraction of sp³-hybridized carbons (Fsp3) is 0.542. The largest absolute Gasteiger partial charge is 0.384 e. The van der Waals surface area contributed by atoms with Gasteiger partial charge in [0.1, 0.15) is 11.3 Å². The molecule has 0 radical (unpaired) electrons. The zero-order valence-corrected chi connectivity index (χ0v) is 18.9.